The van der Waals surface area contributed by atoms with Crippen LogP contribution in [0, 0.1) is 0 Å². The SMILES string of the molecule is Brc1ccc2c(c1)N=C(n1cnc3ccccc31)N1CCN=C21. The van der Waals surface area contributed by atoms with E-state index in [1.54, 1.807) is 0 Å². The van der Waals surface area contributed by atoms with Gasteiger partial charge in [-0.2, -0.15) is 0 Å². The average Bonchev–Trinajstić information content (AvgIpc) is 3.21. The van der Waals surface area contributed by atoms with Gasteiger partial charge in [0.25, 0.3) is 0 Å². The van der Waals surface area contributed by atoms with Gasteiger partial charge in [0.15, 0.2) is 0 Å². The van der Waals surface area contributed by atoms with E-state index in [2.05, 4.69) is 42.9 Å². The highest BCUT2D eigenvalue weighted by Gasteiger charge is 2.31. The standard InChI is InChI=1S/C17H12BrN5/c18-11-5-6-12-14(9-11)21-17(22-8-7-19-16(12)22)23-10-20-13-3-1-2-4-15(13)23/h1-6,9-10H,7-8H2. The molecule has 0 spiro atoms. The van der Waals surface area contributed by atoms with E-state index in [1.165, 1.54) is 0 Å². The van der Waals surface area contributed by atoms with E-state index in [9.17, 15) is 0 Å². The second-order valence-electron chi connectivity index (χ2n) is 5.53. The van der Waals surface area contributed by atoms with Crippen LogP contribution in [0.5, 0.6) is 0 Å². The molecule has 3 heterocycles. The maximum Gasteiger partial charge on any atom is 0.217 e. The molecular weight excluding hydrogens is 354 g/mol. The molecule has 0 amide bonds. The molecule has 3 aromatic rings. The maximum atomic E-state index is 4.90. The number of nitrogens with zero attached hydrogens (tertiary/aromatic N) is 5. The summed E-state index contributed by atoms with van der Waals surface area (Å²) in [5, 5.41) is 0. The average molecular weight is 366 g/mol. The van der Waals surface area contributed by atoms with Gasteiger partial charge in [-0.25, -0.2) is 9.98 Å². The number of para-hydroxylation sites is 2. The lowest BCUT2D eigenvalue weighted by Gasteiger charge is -2.27. The van der Waals surface area contributed by atoms with Crippen molar-refractivity contribution in [3.8, 4) is 0 Å². The van der Waals surface area contributed by atoms with E-state index < -0.39 is 0 Å². The molecule has 0 saturated heterocycles. The number of fused-ring (bicyclic) bond motifs is 4. The van der Waals surface area contributed by atoms with Crippen LogP contribution >= 0.6 is 15.9 Å². The van der Waals surface area contributed by atoms with Gasteiger partial charge in [-0.3, -0.25) is 14.5 Å². The third-order valence-electron chi connectivity index (χ3n) is 4.17. The highest BCUT2D eigenvalue weighted by atomic mass is 79.9. The summed E-state index contributed by atoms with van der Waals surface area (Å²) < 4.78 is 3.06. The van der Waals surface area contributed by atoms with Gasteiger partial charge in [0.2, 0.25) is 5.96 Å². The molecule has 6 heteroatoms. The third-order valence-corrected chi connectivity index (χ3v) is 4.67. The Labute approximate surface area is 141 Å². The van der Waals surface area contributed by atoms with Crippen molar-refractivity contribution >= 4 is 44.4 Å². The molecule has 0 fully saturated rings. The number of aromatic nitrogens is 2. The summed E-state index contributed by atoms with van der Waals surface area (Å²) in [5.41, 5.74) is 4.03. The molecule has 0 unspecified atom stereocenters. The van der Waals surface area contributed by atoms with Gasteiger partial charge < -0.3 is 0 Å². The first-order chi connectivity index (χ1) is 11.3. The van der Waals surface area contributed by atoms with Crippen molar-refractivity contribution in [1.29, 1.82) is 0 Å². The molecule has 2 aromatic carbocycles. The molecule has 0 bridgehead atoms. The Morgan fingerprint density at radius 1 is 1.09 bits per heavy atom. The normalized spacial score (nSPS) is 16.1. The molecule has 0 radical (unpaired) electrons. The minimum Gasteiger partial charge on any atom is -0.294 e. The van der Waals surface area contributed by atoms with E-state index in [0.717, 1.165) is 51.6 Å². The molecule has 23 heavy (non-hydrogen) atoms. The van der Waals surface area contributed by atoms with Crippen LogP contribution in [0.25, 0.3) is 11.0 Å². The number of amidine groups is 1. The molecule has 0 atom stereocenters. The summed E-state index contributed by atoms with van der Waals surface area (Å²) in [4.78, 5) is 16.2. The van der Waals surface area contributed by atoms with Gasteiger partial charge in [0.1, 0.15) is 12.2 Å². The van der Waals surface area contributed by atoms with Crippen LogP contribution in [-0.2, 0) is 0 Å². The molecule has 2 aliphatic rings. The first-order valence-corrected chi connectivity index (χ1v) is 8.24. The molecule has 1 aromatic heterocycles. The summed E-state index contributed by atoms with van der Waals surface area (Å²) in [6, 6.07) is 14.2. The van der Waals surface area contributed by atoms with Crippen molar-refractivity contribution in [3.63, 3.8) is 0 Å². The van der Waals surface area contributed by atoms with E-state index in [0.29, 0.717) is 0 Å². The summed E-state index contributed by atoms with van der Waals surface area (Å²) in [6.45, 7) is 1.63. The van der Waals surface area contributed by atoms with Crippen LogP contribution < -0.4 is 0 Å². The van der Waals surface area contributed by atoms with E-state index >= 15 is 0 Å². The number of imidazole rings is 1. The number of benzene rings is 2. The summed E-state index contributed by atoms with van der Waals surface area (Å²) >= 11 is 3.53. The molecule has 0 N–H and O–H groups in total. The maximum absolute atomic E-state index is 4.90. The van der Waals surface area contributed by atoms with Crippen molar-refractivity contribution in [2.75, 3.05) is 13.1 Å². The minimum atomic E-state index is 0.788. The Balaban J connectivity index is 1.78. The molecular formula is C17H12BrN5. The summed E-state index contributed by atoms with van der Waals surface area (Å²) in [7, 11) is 0. The smallest absolute Gasteiger partial charge is 0.217 e. The number of halogens is 1. The van der Waals surface area contributed by atoms with Crippen molar-refractivity contribution in [2.45, 2.75) is 0 Å². The van der Waals surface area contributed by atoms with Crippen LogP contribution in [-0.4, -0.2) is 39.3 Å². The van der Waals surface area contributed by atoms with Crippen LogP contribution in [0.15, 0.2) is 63.2 Å². The lowest BCUT2D eigenvalue weighted by molar-refractivity contribution is 0.637. The number of hydrogen-bond donors (Lipinski definition) is 0. The van der Waals surface area contributed by atoms with Crippen molar-refractivity contribution in [2.24, 2.45) is 9.98 Å². The number of aliphatic imine (C=N–C) groups is 2. The highest BCUT2D eigenvalue weighted by Crippen LogP contribution is 2.32. The number of rotatable bonds is 0. The molecule has 2 aliphatic heterocycles. The fourth-order valence-corrected chi connectivity index (χ4v) is 3.48. The Bertz CT molecular complexity index is 1000. The molecule has 0 saturated carbocycles. The first kappa shape index (κ1) is 13.0. The Morgan fingerprint density at radius 3 is 2.96 bits per heavy atom. The largest absolute Gasteiger partial charge is 0.294 e. The van der Waals surface area contributed by atoms with Crippen molar-refractivity contribution in [1.82, 2.24) is 14.5 Å². The van der Waals surface area contributed by atoms with E-state index in [-0.39, 0.29) is 0 Å². The van der Waals surface area contributed by atoms with Gasteiger partial charge in [-0.1, -0.05) is 28.1 Å². The summed E-state index contributed by atoms with van der Waals surface area (Å²) in [5.74, 6) is 1.86. The fraction of sp³-hybridized carbons (Fsp3) is 0.118. The topological polar surface area (TPSA) is 45.8 Å². The van der Waals surface area contributed by atoms with Gasteiger partial charge in [0, 0.05) is 16.6 Å². The van der Waals surface area contributed by atoms with Gasteiger partial charge in [-0.15, -0.1) is 0 Å². The predicted octanol–water partition coefficient (Wildman–Crippen LogP) is 3.41. The quantitative estimate of drug-likeness (QED) is 0.612. The second-order valence-corrected chi connectivity index (χ2v) is 6.45. The molecule has 112 valence electrons. The van der Waals surface area contributed by atoms with Crippen molar-refractivity contribution in [3.05, 3.63) is 58.8 Å². The molecule has 0 aliphatic carbocycles. The van der Waals surface area contributed by atoms with Gasteiger partial charge >= 0.3 is 0 Å². The van der Waals surface area contributed by atoms with Crippen LogP contribution in [0.4, 0.5) is 5.69 Å². The Hall–Kier alpha value is -2.47. The first-order valence-electron chi connectivity index (χ1n) is 7.44. The third kappa shape index (κ3) is 1.88. The number of hydrogen-bond acceptors (Lipinski definition) is 4. The lowest BCUT2D eigenvalue weighted by atomic mass is 10.1. The zero-order chi connectivity index (χ0) is 15.4. The molecule has 5 nitrogen and oxygen atoms in total. The zero-order valence-corrected chi connectivity index (χ0v) is 13.7. The fourth-order valence-electron chi connectivity index (χ4n) is 3.13. The van der Waals surface area contributed by atoms with E-state index in [4.69, 9.17) is 4.99 Å². The predicted molar refractivity (Wildman–Crippen MR) is 94.5 cm³/mol. The van der Waals surface area contributed by atoms with Crippen LogP contribution in [0.3, 0.4) is 0 Å². The zero-order valence-electron chi connectivity index (χ0n) is 12.1. The second kappa shape index (κ2) is 4.76. The van der Waals surface area contributed by atoms with Crippen LogP contribution in [0.1, 0.15) is 5.56 Å². The van der Waals surface area contributed by atoms with Gasteiger partial charge in [0.05, 0.1) is 23.3 Å². The van der Waals surface area contributed by atoms with Crippen LogP contribution in [0.2, 0.25) is 0 Å². The highest BCUT2D eigenvalue weighted by molar-refractivity contribution is 9.10. The van der Waals surface area contributed by atoms with Crippen molar-refractivity contribution < 1.29 is 0 Å². The van der Waals surface area contributed by atoms with Gasteiger partial charge in [-0.05, 0) is 30.3 Å². The minimum absolute atomic E-state index is 0.788. The lowest BCUT2D eigenvalue weighted by Crippen LogP contribution is -2.41. The molecule has 5 rings (SSSR count). The Kier molecular flexibility index (Phi) is 2.69. The van der Waals surface area contributed by atoms with E-state index in [1.807, 2.05) is 41.2 Å². The summed E-state index contributed by atoms with van der Waals surface area (Å²) in [6.07, 6.45) is 1.84. The Morgan fingerprint density at radius 2 is 2.00 bits per heavy atom. The monoisotopic (exact) mass is 365 g/mol.